The highest BCUT2D eigenvalue weighted by Gasteiger charge is 2.04. The van der Waals surface area contributed by atoms with Gasteiger partial charge < -0.3 is 11.1 Å². The van der Waals surface area contributed by atoms with Crippen LogP contribution in [-0.4, -0.2) is 18.1 Å². The van der Waals surface area contributed by atoms with Crippen molar-refractivity contribution in [1.29, 1.82) is 0 Å². The van der Waals surface area contributed by atoms with Gasteiger partial charge in [0.2, 0.25) is 0 Å². The molecule has 0 radical (unpaired) electrons. The SMILES string of the molecule is CSCCC(C)Nc1ccc(Br)cc1N. The van der Waals surface area contributed by atoms with Crippen molar-refractivity contribution in [2.75, 3.05) is 23.1 Å². The van der Waals surface area contributed by atoms with Crippen LogP contribution in [0.5, 0.6) is 0 Å². The first-order valence-electron chi connectivity index (χ1n) is 4.94. The second kappa shape index (κ2) is 6.28. The maximum atomic E-state index is 5.90. The highest BCUT2D eigenvalue weighted by Crippen LogP contribution is 2.24. The summed E-state index contributed by atoms with van der Waals surface area (Å²) in [5, 5.41) is 3.41. The number of nitrogen functional groups attached to an aromatic ring is 1. The molecule has 0 saturated carbocycles. The minimum atomic E-state index is 0.459. The molecule has 84 valence electrons. The van der Waals surface area contributed by atoms with Gasteiger partial charge in [0.15, 0.2) is 0 Å². The average molecular weight is 289 g/mol. The molecule has 0 heterocycles. The average Bonchev–Trinajstić information content (AvgIpc) is 2.19. The van der Waals surface area contributed by atoms with Gasteiger partial charge in [0.25, 0.3) is 0 Å². The maximum absolute atomic E-state index is 5.90. The van der Waals surface area contributed by atoms with E-state index >= 15 is 0 Å². The van der Waals surface area contributed by atoms with Gasteiger partial charge in [-0.3, -0.25) is 0 Å². The Morgan fingerprint density at radius 1 is 1.53 bits per heavy atom. The molecular weight excluding hydrogens is 272 g/mol. The van der Waals surface area contributed by atoms with Gasteiger partial charge in [-0.05, 0) is 43.6 Å². The number of thioether (sulfide) groups is 1. The third kappa shape index (κ3) is 4.34. The molecule has 0 aliphatic heterocycles. The topological polar surface area (TPSA) is 38.0 Å². The standard InChI is InChI=1S/C11H17BrN2S/c1-8(5-6-15-2)14-11-4-3-9(12)7-10(11)13/h3-4,7-8,14H,5-6,13H2,1-2H3. The van der Waals surface area contributed by atoms with Crippen LogP contribution in [0.3, 0.4) is 0 Å². The molecule has 1 aromatic rings. The largest absolute Gasteiger partial charge is 0.397 e. The molecule has 15 heavy (non-hydrogen) atoms. The van der Waals surface area contributed by atoms with E-state index in [1.807, 2.05) is 30.0 Å². The lowest BCUT2D eigenvalue weighted by molar-refractivity contribution is 0.772. The predicted molar refractivity (Wildman–Crippen MR) is 74.6 cm³/mol. The van der Waals surface area contributed by atoms with E-state index in [9.17, 15) is 0 Å². The summed E-state index contributed by atoms with van der Waals surface area (Å²) < 4.78 is 1.02. The summed E-state index contributed by atoms with van der Waals surface area (Å²) >= 11 is 5.26. The van der Waals surface area contributed by atoms with Crippen LogP contribution < -0.4 is 11.1 Å². The third-order valence-corrected chi connectivity index (χ3v) is 3.31. The van der Waals surface area contributed by atoms with Crippen LogP contribution in [0.1, 0.15) is 13.3 Å². The molecule has 1 unspecified atom stereocenters. The molecule has 0 spiro atoms. The van der Waals surface area contributed by atoms with Crippen molar-refractivity contribution in [1.82, 2.24) is 0 Å². The summed E-state index contributed by atoms with van der Waals surface area (Å²) in [5.41, 5.74) is 7.71. The van der Waals surface area contributed by atoms with E-state index in [2.05, 4.69) is 34.4 Å². The molecule has 1 aromatic carbocycles. The molecule has 0 aromatic heterocycles. The summed E-state index contributed by atoms with van der Waals surface area (Å²) in [5.74, 6) is 1.17. The van der Waals surface area contributed by atoms with Crippen LogP contribution in [0.15, 0.2) is 22.7 Å². The number of benzene rings is 1. The first kappa shape index (κ1) is 12.7. The molecule has 0 aliphatic carbocycles. The molecule has 1 atom stereocenters. The van der Waals surface area contributed by atoms with Crippen molar-refractivity contribution in [2.24, 2.45) is 0 Å². The van der Waals surface area contributed by atoms with Crippen molar-refractivity contribution < 1.29 is 0 Å². The minimum Gasteiger partial charge on any atom is -0.397 e. The molecular formula is C11H17BrN2S. The zero-order chi connectivity index (χ0) is 11.3. The van der Waals surface area contributed by atoms with E-state index in [0.29, 0.717) is 6.04 Å². The first-order chi connectivity index (χ1) is 7.13. The number of hydrogen-bond donors (Lipinski definition) is 2. The van der Waals surface area contributed by atoms with Gasteiger partial charge in [-0.2, -0.15) is 11.8 Å². The van der Waals surface area contributed by atoms with E-state index in [4.69, 9.17) is 5.73 Å². The molecule has 0 aliphatic rings. The molecule has 0 fully saturated rings. The Morgan fingerprint density at radius 3 is 2.87 bits per heavy atom. The van der Waals surface area contributed by atoms with Crippen molar-refractivity contribution in [3.05, 3.63) is 22.7 Å². The van der Waals surface area contributed by atoms with Crippen LogP contribution in [0.25, 0.3) is 0 Å². The molecule has 1 rings (SSSR count). The summed E-state index contributed by atoms with van der Waals surface area (Å²) in [7, 11) is 0. The predicted octanol–water partition coefficient (Wildman–Crippen LogP) is 3.58. The fourth-order valence-electron chi connectivity index (χ4n) is 1.30. The number of rotatable bonds is 5. The highest BCUT2D eigenvalue weighted by atomic mass is 79.9. The minimum absolute atomic E-state index is 0.459. The maximum Gasteiger partial charge on any atom is 0.0576 e. The van der Waals surface area contributed by atoms with E-state index in [1.54, 1.807) is 0 Å². The van der Waals surface area contributed by atoms with Crippen LogP contribution in [-0.2, 0) is 0 Å². The molecule has 3 N–H and O–H groups in total. The van der Waals surface area contributed by atoms with Gasteiger partial charge >= 0.3 is 0 Å². The smallest absolute Gasteiger partial charge is 0.0576 e. The fraction of sp³-hybridized carbons (Fsp3) is 0.455. The van der Waals surface area contributed by atoms with Gasteiger partial charge in [0, 0.05) is 10.5 Å². The van der Waals surface area contributed by atoms with Crippen molar-refractivity contribution in [3.8, 4) is 0 Å². The van der Waals surface area contributed by atoms with E-state index in [1.165, 1.54) is 5.75 Å². The third-order valence-electron chi connectivity index (χ3n) is 2.17. The van der Waals surface area contributed by atoms with Crippen LogP contribution >= 0.6 is 27.7 Å². The van der Waals surface area contributed by atoms with E-state index in [-0.39, 0.29) is 0 Å². The summed E-state index contributed by atoms with van der Waals surface area (Å²) in [6.45, 7) is 2.18. The molecule has 0 bridgehead atoms. The molecule has 2 nitrogen and oxygen atoms in total. The molecule has 4 heteroatoms. The lowest BCUT2D eigenvalue weighted by atomic mass is 10.2. The van der Waals surface area contributed by atoms with Gasteiger partial charge in [-0.1, -0.05) is 15.9 Å². The Kier molecular flexibility index (Phi) is 5.32. The lowest BCUT2D eigenvalue weighted by Gasteiger charge is -2.16. The zero-order valence-corrected chi connectivity index (χ0v) is 11.5. The van der Waals surface area contributed by atoms with Gasteiger partial charge in [0.05, 0.1) is 11.4 Å². The van der Waals surface area contributed by atoms with Crippen molar-refractivity contribution in [2.45, 2.75) is 19.4 Å². The Balaban J connectivity index is 2.56. The Morgan fingerprint density at radius 2 is 2.27 bits per heavy atom. The van der Waals surface area contributed by atoms with E-state index < -0.39 is 0 Å². The first-order valence-corrected chi connectivity index (χ1v) is 7.12. The Labute approximate surface area is 104 Å². The second-order valence-corrected chi connectivity index (χ2v) is 5.46. The molecule has 0 amide bonds. The second-order valence-electron chi connectivity index (χ2n) is 3.56. The summed E-state index contributed by atoms with van der Waals surface area (Å²) in [6, 6.07) is 6.39. The summed E-state index contributed by atoms with van der Waals surface area (Å²) in [6.07, 6.45) is 3.28. The van der Waals surface area contributed by atoms with Gasteiger partial charge in [-0.25, -0.2) is 0 Å². The number of nitrogens with two attached hydrogens (primary N) is 1. The molecule has 0 saturated heterocycles. The lowest BCUT2D eigenvalue weighted by Crippen LogP contribution is -2.16. The van der Waals surface area contributed by atoms with Crippen molar-refractivity contribution >= 4 is 39.1 Å². The van der Waals surface area contributed by atoms with Crippen LogP contribution in [0.4, 0.5) is 11.4 Å². The Hall–Kier alpha value is -0.350. The van der Waals surface area contributed by atoms with Crippen LogP contribution in [0, 0.1) is 0 Å². The number of hydrogen-bond acceptors (Lipinski definition) is 3. The normalized spacial score (nSPS) is 12.5. The van der Waals surface area contributed by atoms with Gasteiger partial charge in [0.1, 0.15) is 0 Å². The zero-order valence-electron chi connectivity index (χ0n) is 9.09. The van der Waals surface area contributed by atoms with E-state index in [0.717, 1.165) is 22.3 Å². The van der Waals surface area contributed by atoms with Gasteiger partial charge in [-0.15, -0.1) is 0 Å². The van der Waals surface area contributed by atoms with Crippen LogP contribution in [0.2, 0.25) is 0 Å². The Bertz CT molecular complexity index is 317. The van der Waals surface area contributed by atoms with Crippen molar-refractivity contribution in [3.63, 3.8) is 0 Å². The summed E-state index contributed by atoms with van der Waals surface area (Å²) in [4.78, 5) is 0. The number of nitrogens with one attached hydrogen (secondary N) is 1. The number of halogens is 1. The number of anilines is 2. The quantitative estimate of drug-likeness (QED) is 0.814. The fourth-order valence-corrected chi connectivity index (χ4v) is 2.27. The highest BCUT2D eigenvalue weighted by molar-refractivity contribution is 9.10. The monoisotopic (exact) mass is 288 g/mol.